The van der Waals surface area contributed by atoms with Crippen molar-refractivity contribution in [3.8, 4) is 0 Å². The van der Waals surface area contributed by atoms with E-state index in [0.29, 0.717) is 17.5 Å². The fourth-order valence-corrected chi connectivity index (χ4v) is 4.78. The smallest absolute Gasteiger partial charge is 0.276 e. The van der Waals surface area contributed by atoms with Crippen molar-refractivity contribution >= 4 is 35.8 Å². The van der Waals surface area contributed by atoms with Crippen molar-refractivity contribution in [3.63, 3.8) is 0 Å². The Morgan fingerprint density at radius 2 is 2.04 bits per heavy atom. The number of hydrogen-bond acceptors (Lipinski definition) is 4. The molecule has 2 heterocycles. The molecule has 25 heavy (non-hydrogen) atoms. The fraction of sp³-hybridized carbons (Fsp3) is 0.444. The number of carbonyl (C=O) groups is 1. The summed E-state index contributed by atoms with van der Waals surface area (Å²) in [6.45, 7) is 1.63. The molecule has 1 aromatic heterocycles. The second-order valence-electron chi connectivity index (χ2n) is 6.43. The number of anilines is 1. The molecule has 1 aliphatic carbocycles. The number of para-hydroxylation sites is 1. The number of aromatic amines is 1. The molecule has 0 bridgehead atoms. The Morgan fingerprint density at radius 1 is 1.24 bits per heavy atom. The zero-order chi connectivity index (χ0) is 16.4. The van der Waals surface area contributed by atoms with Gasteiger partial charge < -0.3 is 10.6 Å². The summed E-state index contributed by atoms with van der Waals surface area (Å²) in [4.78, 5) is 13.9. The minimum atomic E-state index is -0.129. The van der Waals surface area contributed by atoms with Crippen molar-refractivity contribution in [2.24, 2.45) is 0 Å². The van der Waals surface area contributed by atoms with E-state index in [0.717, 1.165) is 34.8 Å². The Kier molecular flexibility index (Phi) is 6.04. The van der Waals surface area contributed by atoms with Gasteiger partial charge in [0, 0.05) is 40.9 Å². The maximum absolute atomic E-state index is 12.7. The van der Waals surface area contributed by atoms with Crippen LogP contribution in [-0.2, 0) is 13.0 Å². The molecule has 7 heteroatoms. The van der Waals surface area contributed by atoms with Crippen molar-refractivity contribution in [3.05, 3.63) is 41.2 Å². The van der Waals surface area contributed by atoms with Gasteiger partial charge in [-0.2, -0.15) is 5.10 Å². The van der Waals surface area contributed by atoms with Gasteiger partial charge in [0.25, 0.3) is 5.91 Å². The third-order valence-electron chi connectivity index (χ3n) is 4.75. The van der Waals surface area contributed by atoms with Crippen LogP contribution >= 0.6 is 24.2 Å². The number of nitrogens with zero attached hydrogens (tertiary/aromatic N) is 1. The zero-order valence-corrected chi connectivity index (χ0v) is 15.6. The summed E-state index contributed by atoms with van der Waals surface area (Å²) in [5, 5.41) is 14.3. The first-order valence-corrected chi connectivity index (χ1v) is 9.53. The van der Waals surface area contributed by atoms with Gasteiger partial charge in [0.05, 0.1) is 5.69 Å². The highest BCUT2D eigenvalue weighted by Gasteiger charge is 2.23. The van der Waals surface area contributed by atoms with Crippen molar-refractivity contribution in [1.82, 2.24) is 15.5 Å². The van der Waals surface area contributed by atoms with Gasteiger partial charge in [-0.25, -0.2) is 0 Å². The lowest BCUT2D eigenvalue weighted by molar-refractivity contribution is 0.102. The molecule has 1 saturated carbocycles. The molecule has 0 atom stereocenters. The summed E-state index contributed by atoms with van der Waals surface area (Å²) >= 11 is 1.89. The first-order chi connectivity index (χ1) is 11.8. The minimum absolute atomic E-state index is 0. The average molecular weight is 379 g/mol. The topological polar surface area (TPSA) is 69.8 Å². The molecular formula is C18H23ClN4OS. The van der Waals surface area contributed by atoms with Crippen LogP contribution in [0.2, 0.25) is 0 Å². The van der Waals surface area contributed by atoms with E-state index in [4.69, 9.17) is 0 Å². The third-order valence-corrected chi connectivity index (χ3v) is 6.17. The van der Waals surface area contributed by atoms with E-state index >= 15 is 0 Å². The predicted molar refractivity (Wildman–Crippen MR) is 104 cm³/mol. The second kappa shape index (κ2) is 8.25. The van der Waals surface area contributed by atoms with Crippen LogP contribution in [0, 0.1) is 0 Å². The van der Waals surface area contributed by atoms with Crippen LogP contribution in [0.15, 0.2) is 29.2 Å². The fourth-order valence-electron chi connectivity index (χ4n) is 3.45. The molecule has 0 spiro atoms. The number of amides is 1. The highest BCUT2D eigenvalue weighted by Crippen LogP contribution is 2.38. The number of aromatic nitrogens is 2. The van der Waals surface area contributed by atoms with Crippen LogP contribution in [0.1, 0.15) is 47.4 Å². The maximum atomic E-state index is 12.7. The Labute approximate surface area is 158 Å². The SMILES string of the molecule is Cl.O=C(Nc1ccccc1SC1CCCC1)c1n[nH]c2c1CNCC2. The molecular weight excluding hydrogens is 356 g/mol. The standard InChI is InChI=1S/C18H22N4OS.ClH/c23-18(17-13-11-19-10-9-14(13)21-22-17)20-15-7-3-4-8-16(15)24-12-5-1-2-6-12;/h3-4,7-8,12,19H,1-2,5-6,9-11H2,(H,20,23)(H,21,22);1H. The molecule has 1 aromatic carbocycles. The number of thioether (sulfide) groups is 1. The number of halogens is 1. The Balaban J connectivity index is 0.00000182. The summed E-state index contributed by atoms with van der Waals surface area (Å²) in [7, 11) is 0. The zero-order valence-electron chi connectivity index (χ0n) is 14.0. The van der Waals surface area contributed by atoms with E-state index in [-0.39, 0.29) is 18.3 Å². The highest BCUT2D eigenvalue weighted by molar-refractivity contribution is 8.00. The van der Waals surface area contributed by atoms with E-state index in [1.165, 1.54) is 25.7 Å². The summed E-state index contributed by atoms with van der Waals surface area (Å²) in [6.07, 6.45) is 6.07. The van der Waals surface area contributed by atoms with Gasteiger partial charge in [-0.05, 0) is 25.0 Å². The van der Waals surface area contributed by atoms with E-state index in [9.17, 15) is 4.79 Å². The lowest BCUT2D eigenvalue weighted by Gasteiger charge is -2.15. The molecule has 4 rings (SSSR count). The van der Waals surface area contributed by atoms with Crippen LogP contribution in [0.5, 0.6) is 0 Å². The lowest BCUT2D eigenvalue weighted by Crippen LogP contribution is -2.25. The van der Waals surface area contributed by atoms with Crippen LogP contribution < -0.4 is 10.6 Å². The van der Waals surface area contributed by atoms with Gasteiger partial charge in [-0.15, -0.1) is 24.2 Å². The van der Waals surface area contributed by atoms with Crippen molar-refractivity contribution < 1.29 is 4.79 Å². The Morgan fingerprint density at radius 3 is 2.88 bits per heavy atom. The van der Waals surface area contributed by atoms with Crippen molar-refractivity contribution in [2.75, 3.05) is 11.9 Å². The van der Waals surface area contributed by atoms with E-state index < -0.39 is 0 Å². The predicted octanol–water partition coefficient (Wildman–Crippen LogP) is 3.76. The van der Waals surface area contributed by atoms with Crippen LogP contribution in [0.4, 0.5) is 5.69 Å². The van der Waals surface area contributed by atoms with Gasteiger partial charge in [-0.3, -0.25) is 9.89 Å². The van der Waals surface area contributed by atoms with Gasteiger partial charge in [0.15, 0.2) is 5.69 Å². The maximum Gasteiger partial charge on any atom is 0.276 e. The molecule has 1 fully saturated rings. The number of rotatable bonds is 4. The molecule has 5 nitrogen and oxygen atoms in total. The molecule has 2 aliphatic rings. The molecule has 0 unspecified atom stereocenters. The van der Waals surface area contributed by atoms with Crippen molar-refractivity contribution in [1.29, 1.82) is 0 Å². The van der Waals surface area contributed by atoms with E-state index in [2.05, 4.69) is 26.9 Å². The highest BCUT2D eigenvalue weighted by atomic mass is 35.5. The minimum Gasteiger partial charge on any atom is -0.320 e. The van der Waals surface area contributed by atoms with Gasteiger partial charge in [0.1, 0.15) is 0 Å². The molecule has 0 radical (unpaired) electrons. The molecule has 0 saturated heterocycles. The first kappa shape index (κ1) is 18.3. The molecule has 1 amide bonds. The van der Waals surface area contributed by atoms with Crippen molar-refractivity contribution in [2.45, 2.75) is 48.8 Å². The Hall–Kier alpha value is -1.50. The summed E-state index contributed by atoms with van der Waals surface area (Å²) in [5.41, 5.74) is 3.48. The van der Waals surface area contributed by atoms with Crippen LogP contribution in [0.3, 0.4) is 0 Å². The van der Waals surface area contributed by atoms with E-state index in [1.807, 2.05) is 30.0 Å². The quantitative estimate of drug-likeness (QED) is 0.757. The van der Waals surface area contributed by atoms with Gasteiger partial charge in [0.2, 0.25) is 0 Å². The largest absolute Gasteiger partial charge is 0.320 e. The van der Waals surface area contributed by atoms with Crippen LogP contribution in [-0.4, -0.2) is 27.9 Å². The summed E-state index contributed by atoms with van der Waals surface area (Å²) in [5.74, 6) is -0.129. The van der Waals surface area contributed by atoms with Gasteiger partial charge >= 0.3 is 0 Å². The Bertz CT molecular complexity index is 742. The lowest BCUT2D eigenvalue weighted by atomic mass is 10.1. The molecule has 2 aromatic rings. The number of hydrogen-bond donors (Lipinski definition) is 3. The third kappa shape index (κ3) is 4.02. The monoisotopic (exact) mass is 378 g/mol. The number of benzene rings is 1. The van der Waals surface area contributed by atoms with Crippen LogP contribution in [0.25, 0.3) is 0 Å². The molecule has 134 valence electrons. The molecule has 1 aliphatic heterocycles. The number of H-pyrrole nitrogens is 1. The van der Waals surface area contributed by atoms with E-state index in [1.54, 1.807) is 0 Å². The average Bonchev–Trinajstić information content (AvgIpc) is 3.26. The number of fused-ring (bicyclic) bond motifs is 1. The second-order valence-corrected chi connectivity index (χ2v) is 7.77. The number of carbonyl (C=O) groups excluding carboxylic acids is 1. The normalized spacial score (nSPS) is 17.0. The molecule has 3 N–H and O–H groups in total. The summed E-state index contributed by atoms with van der Waals surface area (Å²) < 4.78 is 0. The first-order valence-electron chi connectivity index (χ1n) is 8.65. The summed E-state index contributed by atoms with van der Waals surface area (Å²) in [6, 6.07) is 8.08. The number of nitrogens with one attached hydrogen (secondary N) is 3. The van der Waals surface area contributed by atoms with Gasteiger partial charge in [-0.1, -0.05) is 25.0 Å².